The molecule has 0 aliphatic rings. The molecule has 1 rings (SSSR count). The monoisotopic (exact) mass is 348 g/mol. The van der Waals surface area contributed by atoms with Crippen LogP contribution in [-0.4, -0.2) is 17.6 Å². The molecule has 0 saturated carbocycles. The van der Waals surface area contributed by atoms with Crippen molar-refractivity contribution in [1.82, 2.24) is 0 Å². The predicted molar refractivity (Wildman–Crippen MR) is 76.3 cm³/mol. The summed E-state index contributed by atoms with van der Waals surface area (Å²) in [7, 11) is 0. The molecular weight excluding hydrogens is 334 g/mol. The fraction of sp³-hybridized carbons (Fsp3) is 0.143. The molecule has 0 aromatic heterocycles. The van der Waals surface area contributed by atoms with E-state index in [2.05, 4.69) is 0 Å². The van der Waals surface area contributed by atoms with Crippen LogP contribution in [0.2, 0.25) is 0 Å². The molecule has 13 heavy (non-hydrogen) atoms. The summed E-state index contributed by atoms with van der Waals surface area (Å²) >= 11 is 5.53. The number of hydrogen-bond acceptors (Lipinski definition) is 0. The molecule has 0 aliphatic heterocycles. The molecule has 6 heteroatoms. The van der Waals surface area contributed by atoms with Gasteiger partial charge in [-0.05, 0) is 5.56 Å². The van der Waals surface area contributed by atoms with E-state index < -0.39 is 0 Å². The zero-order valence-electron chi connectivity index (χ0n) is 6.10. The van der Waals surface area contributed by atoms with Crippen LogP contribution in [0.5, 0.6) is 0 Å². The summed E-state index contributed by atoms with van der Waals surface area (Å²) in [5, 5.41) is 0. The molecule has 0 bridgehead atoms. The van der Waals surface area contributed by atoms with Crippen molar-refractivity contribution in [1.29, 1.82) is 0 Å². The van der Waals surface area contributed by atoms with Gasteiger partial charge in [0.25, 0.3) is 0 Å². The minimum atomic E-state index is 0. The molecule has 0 heterocycles. The van der Waals surface area contributed by atoms with Crippen molar-refractivity contribution in [3.8, 4) is 0 Å². The summed E-state index contributed by atoms with van der Waals surface area (Å²) in [4.78, 5) is 0. The second-order valence-corrected chi connectivity index (χ2v) is 1.89. The van der Waals surface area contributed by atoms with Crippen molar-refractivity contribution in [2.45, 2.75) is 5.88 Å². The van der Waals surface area contributed by atoms with Crippen LogP contribution < -0.4 is 0 Å². The first-order valence-corrected chi connectivity index (χ1v) is 3.07. The van der Waals surface area contributed by atoms with E-state index in [0.717, 1.165) is 0 Å². The molecule has 0 radical (unpaired) electrons. The van der Waals surface area contributed by atoms with Gasteiger partial charge in [0, 0.05) is 5.88 Å². The molecular formula is C7H15Cl5Ge. The molecule has 82 valence electrons. The molecule has 0 fully saturated rings. The van der Waals surface area contributed by atoms with E-state index in [1.165, 1.54) is 5.56 Å². The Morgan fingerprint density at radius 3 is 1.46 bits per heavy atom. The Bertz CT molecular complexity index is 158. The molecule has 0 amide bonds. The topological polar surface area (TPSA) is 0 Å². The van der Waals surface area contributed by atoms with E-state index >= 15 is 0 Å². The third-order valence-corrected chi connectivity index (χ3v) is 1.31. The second-order valence-electron chi connectivity index (χ2n) is 1.62. The molecule has 0 spiro atoms. The maximum absolute atomic E-state index is 5.53. The van der Waals surface area contributed by atoms with Crippen LogP contribution in [-0.2, 0) is 5.88 Å². The average Bonchev–Trinajstić information content (AvgIpc) is 1.90. The van der Waals surface area contributed by atoms with Crippen molar-refractivity contribution in [2.24, 2.45) is 0 Å². The third-order valence-electron chi connectivity index (χ3n) is 0.997. The standard InChI is InChI=1S/C7H7Cl.4ClH.GeH4/c8-6-7-4-2-1-3-5-7;;;;;/h1-5H,6H2;4*1H;1H4. The molecule has 0 saturated heterocycles. The number of benzene rings is 1. The SMILES string of the molecule is Cl.Cl.Cl.Cl.ClCc1ccccc1.[GeH4]. The van der Waals surface area contributed by atoms with Gasteiger partial charge in [-0.25, -0.2) is 0 Å². The van der Waals surface area contributed by atoms with Crippen LogP contribution in [0.15, 0.2) is 30.3 Å². The summed E-state index contributed by atoms with van der Waals surface area (Å²) in [6.07, 6.45) is 0. The molecule has 0 nitrogen and oxygen atoms in total. The van der Waals surface area contributed by atoms with E-state index in [4.69, 9.17) is 11.6 Å². The first-order chi connectivity index (χ1) is 3.93. The summed E-state index contributed by atoms with van der Waals surface area (Å²) in [6.45, 7) is 0. The zero-order chi connectivity index (χ0) is 5.82. The molecule has 0 atom stereocenters. The fourth-order valence-corrected chi connectivity index (χ4v) is 0.745. The van der Waals surface area contributed by atoms with E-state index in [1.807, 2.05) is 30.3 Å². The summed E-state index contributed by atoms with van der Waals surface area (Å²) in [5.41, 5.74) is 1.18. The Labute approximate surface area is 120 Å². The summed E-state index contributed by atoms with van der Waals surface area (Å²) in [5.74, 6) is 0.612. The summed E-state index contributed by atoms with van der Waals surface area (Å²) < 4.78 is 0. The van der Waals surface area contributed by atoms with E-state index in [1.54, 1.807) is 0 Å². The molecule has 1 aromatic carbocycles. The van der Waals surface area contributed by atoms with Crippen molar-refractivity contribution in [2.75, 3.05) is 0 Å². The molecule has 0 aliphatic carbocycles. The third kappa shape index (κ3) is 13.2. The second kappa shape index (κ2) is 18.9. The van der Waals surface area contributed by atoms with Crippen molar-refractivity contribution < 1.29 is 0 Å². The molecule has 0 unspecified atom stereocenters. The Kier molecular flexibility index (Phi) is 42.5. The van der Waals surface area contributed by atoms with E-state index in [0.29, 0.717) is 5.88 Å². The van der Waals surface area contributed by atoms with Crippen LogP contribution in [0, 0.1) is 0 Å². The Hall–Kier alpha value is 1.21. The van der Waals surface area contributed by atoms with Gasteiger partial charge in [-0.1, -0.05) is 30.3 Å². The van der Waals surface area contributed by atoms with Gasteiger partial charge >= 0.3 is 17.6 Å². The van der Waals surface area contributed by atoms with Crippen LogP contribution in [0.25, 0.3) is 0 Å². The van der Waals surface area contributed by atoms with Gasteiger partial charge in [0.1, 0.15) is 0 Å². The van der Waals surface area contributed by atoms with Crippen LogP contribution in [0.1, 0.15) is 5.56 Å². The first-order valence-electron chi connectivity index (χ1n) is 2.53. The van der Waals surface area contributed by atoms with Gasteiger partial charge in [-0.3, -0.25) is 0 Å². The molecule has 0 N–H and O–H groups in total. The Balaban J connectivity index is -0.0000000427. The van der Waals surface area contributed by atoms with Gasteiger partial charge in [0.2, 0.25) is 0 Å². The quantitative estimate of drug-likeness (QED) is 0.540. The minimum absolute atomic E-state index is 0. The Morgan fingerprint density at radius 2 is 1.23 bits per heavy atom. The van der Waals surface area contributed by atoms with Gasteiger partial charge in [0.05, 0.1) is 0 Å². The number of hydrogen-bond donors (Lipinski definition) is 0. The average molecular weight is 349 g/mol. The van der Waals surface area contributed by atoms with Crippen LogP contribution >= 0.6 is 61.2 Å². The van der Waals surface area contributed by atoms with Crippen molar-refractivity contribution in [3.05, 3.63) is 35.9 Å². The van der Waals surface area contributed by atoms with Gasteiger partial charge in [0.15, 0.2) is 0 Å². The van der Waals surface area contributed by atoms with Crippen molar-refractivity contribution in [3.63, 3.8) is 0 Å². The van der Waals surface area contributed by atoms with Gasteiger partial charge < -0.3 is 0 Å². The van der Waals surface area contributed by atoms with E-state index in [-0.39, 0.29) is 67.2 Å². The molecule has 1 aromatic rings. The number of rotatable bonds is 1. The number of alkyl halides is 1. The van der Waals surface area contributed by atoms with Crippen molar-refractivity contribution >= 4 is 78.8 Å². The van der Waals surface area contributed by atoms with Gasteiger partial charge in [-0.15, -0.1) is 61.2 Å². The van der Waals surface area contributed by atoms with Gasteiger partial charge in [-0.2, -0.15) is 0 Å². The predicted octanol–water partition coefficient (Wildman–Crippen LogP) is 2.66. The zero-order valence-corrected chi connectivity index (χ0v) is 10.1. The van der Waals surface area contributed by atoms with Crippen LogP contribution in [0.4, 0.5) is 0 Å². The summed E-state index contributed by atoms with van der Waals surface area (Å²) in [6, 6.07) is 9.96. The Morgan fingerprint density at radius 1 is 0.846 bits per heavy atom. The number of halogens is 5. The normalized spacial score (nSPS) is 5.62. The van der Waals surface area contributed by atoms with E-state index in [9.17, 15) is 0 Å². The van der Waals surface area contributed by atoms with Crippen LogP contribution in [0.3, 0.4) is 0 Å². The maximum atomic E-state index is 5.53. The fourth-order valence-electron chi connectivity index (χ4n) is 0.567. The first kappa shape index (κ1) is 29.2.